The van der Waals surface area contributed by atoms with Crippen molar-refractivity contribution in [3.8, 4) is 0 Å². The average Bonchev–Trinajstić information content (AvgIpc) is 2.58. The molecule has 0 aliphatic rings. The summed E-state index contributed by atoms with van der Waals surface area (Å²) in [4.78, 5) is 8.53. The van der Waals surface area contributed by atoms with Gasteiger partial charge in [0, 0.05) is 22.8 Å². The highest BCUT2D eigenvalue weighted by Gasteiger charge is 2.02. The van der Waals surface area contributed by atoms with Gasteiger partial charge in [0.05, 0.1) is 0 Å². The fourth-order valence-corrected chi connectivity index (χ4v) is 2.43. The lowest BCUT2D eigenvalue weighted by molar-refractivity contribution is 1.08. The van der Waals surface area contributed by atoms with Gasteiger partial charge in [0.1, 0.15) is 18.0 Å². The van der Waals surface area contributed by atoms with Crippen molar-refractivity contribution in [2.75, 3.05) is 10.6 Å². The van der Waals surface area contributed by atoms with Crippen molar-refractivity contribution >= 4 is 33.3 Å². The Balaban J connectivity index is 1.68. The number of benzene rings is 2. The Morgan fingerprint density at radius 1 is 0.957 bits per heavy atom. The fraction of sp³-hybridized carbons (Fsp3) is 0.111. The molecular formula is C18H17BrN4. The van der Waals surface area contributed by atoms with E-state index >= 15 is 0 Å². The van der Waals surface area contributed by atoms with Gasteiger partial charge in [0.25, 0.3) is 0 Å². The molecule has 4 nitrogen and oxygen atoms in total. The fourth-order valence-electron chi connectivity index (χ4n) is 2.18. The van der Waals surface area contributed by atoms with Gasteiger partial charge in [-0.3, -0.25) is 0 Å². The van der Waals surface area contributed by atoms with E-state index in [2.05, 4.69) is 61.7 Å². The summed E-state index contributed by atoms with van der Waals surface area (Å²) >= 11 is 3.51. The van der Waals surface area contributed by atoms with Crippen LogP contribution >= 0.6 is 15.9 Å². The van der Waals surface area contributed by atoms with Crippen LogP contribution in [0.15, 0.2) is 65.4 Å². The molecule has 2 N–H and O–H groups in total. The van der Waals surface area contributed by atoms with Crippen molar-refractivity contribution in [2.45, 2.75) is 13.5 Å². The summed E-state index contributed by atoms with van der Waals surface area (Å²) in [7, 11) is 0. The van der Waals surface area contributed by atoms with Gasteiger partial charge in [-0.15, -0.1) is 0 Å². The largest absolute Gasteiger partial charge is 0.366 e. The lowest BCUT2D eigenvalue weighted by Gasteiger charge is -2.10. The van der Waals surface area contributed by atoms with Crippen molar-refractivity contribution < 1.29 is 0 Å². The first-order valence-electron chi connectivity index (χ1n) is 7.34. The van der Waals surface area contributed by atoms with E-state index in [0.717, 1.165) is 28.3 Å². The number of hydrogen-bond donors (Lipinski definition) is 2. The second-order valence-corrected chi connectivity index (χ2v) is 6.07. The minimum Gasteiger partial charge on any atom is -0.366 e. The first-order chi connectivity index (χ1) is 11.2. The minimum absolute atomic E-state index is 0.731. The van der Waals surface area contributed by atoms with E-state index in [1.807, 2.05) is 36.4 Å². The Morgan fingerprint density at radius 3 is 2.52 bits per heavy atom. The molecule has 1 aromatic heterocycles. The molecule has 2 aromatic carbocycles. The molecule has 0 saturated carbocycles. The van der Waals surface area contributed by atoms with E-state index in [1.165, 1.54) is 11.1 Å². The normalized spacial score (nSPS) is 10.3. The SMILES string of the molecule is Cc1cc(Nc2cc(NCc3ccccc3)ncn2)ccc1Br. The molecule has 116 valence electrons. The van der Waals surface area contributed by atoms with Crippen LogP contribution in [0.5, 0.6) is 0 Å². The molecule has 0 bridgehead atoms. The molecule has 0 fully saturated rings. The summed E-state index contributed by atoms with van der Waals surface area (Å²) in [5, 5.41) is 6.61. The standard InChI is InChI=1S/C18H17BrN4/c1-13-9-15(7-8-16(13)19)23-18-10-17(21-12-22-18)20-11-14-5-3-2-4-6-14/h2-10,12H,11H2,1H3,(H2,20,21,22,23). The molecule has 0 aliphatic heterocycles. The topological polar surface area (TPSA) is 49.8 Å². The van der Waals surface area contributed by atoms with Crippen LogP contribution < -0.4 is 10.6 Å². The molecule has 0 aliphatic carbocycles. The maximum atomic E-state index is 4.27. The second kappa shape index (κ2) is 7.24. The Labute approximate surface area is 144 Å². The number of nitrogens with zero attached hydrogens (tertiary/aromatic N) is 2. The van der Waals surface area contributed by atoms with Crippen molar-refractivity contribution in [3.05, 3.63) is 76.5 Å². The van der Waals surface area contributed by atoms with Crippen LogP contribution in [0, 0.1) is 6.92 Å². The van der Waals surface area contributed by atoms with E-state index < -0.39 is 0 Å². The van der Waals surface area contributed by atoms with Gasteiger partial charge in [-0.1, -0.05) is 46.3 Å². The van der Waals surface area contributed by atoms with E-state index in [9.17, 15) is 0 Å². The molecule has 1 heterocycles. The third-order valence-electron chi connectivity index (χ3n) is 3.41. The van der Waals surface area contributed by atoms with Gasteiger partial charge >= 0.3 is 0 Å². The number of aromatic nitrogens is 2. The van der Waals surface area contributed by atoms with Crippen LogP contribution in [0.25, 0.3) is 0 Å². The van der Waals surface area contributed by atoms with Crippen molar-refractivity contribution in [1.29, 1.82) is 0 Å². The van der Waals surface area contributed by atoms with Gasteiger partial charge < -0.3 is 10.6 Å². The van der Waals surface area contributed by atoms with E-state index in [1.54, 1.807) is 6.33 Å². The molecule has 0 spiro atoms. The van der Waals surface area contributed by atoms with Crippen molar-refractivity contribution in [2.24, 2.45) is 0 Å². The molecule has 0 amide bonds. The minimum atomic E-state index is 0.731. The molecule has 0 saturated heterocycles. The predicted molar refractivity (Wildman–Crippen MR) is 98.0 cm³/mol. The molecule has 5 heteroatoms. The summed E-state index contributed by atoms with van der Waals surface area (Å²) < 4.78 is 1.09. The zero-order chi connectivity index (χ0) is 16.1. The summed E-state index contributed by atoms with van der Waals surface area (Å²) in [5.74, 6) is 1.55. The maximum absolute atomic E-state index is 4.27. The molecule has 23 heavy (non-hydrogen) atoms. The van der Waals surface area contributed by atoms with Gasteiger partial charge in [-0.25, -0.2) is 9.97 Å². The Hall–Kier alpha value is -2.40. The highest BCUT2D eigenvalue weighted by Crippen LogP contribution is 2.22. The molecule has 0 radical (unpaired) electrons. The monoisotopic (exact) mass is 368 g/mol. The Morgan fingerprint density at radius 2 is 1.74 bits per heavy atom. The smallest absolute Gasteiger partial charge is 0.135 e. The van der Waals surface area contributed by atoms with E-state index in [0.29, 0.717) is 0 Å². The van der Waals surface area contributed by atoms with Gasteiger partial charge in [-0.2, -0.15) is 0 Å². The lowest BCUT2D eigenvalue weighted by atomic mass is 10.2. The van der Waals surface area contributed by atoms with Crippen LogP contribution in [0.3, 0.4) is 0 Å². The summed E-state index contributed by atoms with van der Waals surface area (Å²) in [6.07, 6.45) is 1.56. The first-order valence-corrected chi connectivity index (χ1v) is 8.13. The number of aryl methyl sites for hydroxylation is 1. The van der Waals surface area contributed by atoms with Crippen LogP contribution in [0.4, 0.5) is 17.3 Å². The summed E-state index contributed by atoms with van der Waals surface area (Å²) in [6.45, 7) is 2.79. The summed E-state index contributed by atoms with van der Waals surface area (Å²) in [6, 6.07) is 18.2. The Bertz CT molecular complexity index is 790. The predicted octanol–water partition coefficient (Wildman–Crippen LogP) is 4.90. The molecule has 3 rings (SSSR count). The number of halogens is 1. The van der Waals surface area contributed by atoms with Crippen LogP contribution in [-0.2, 0) is 6.54 Å². The average molecular weight is 369 g/mol. The zero-order valence-corrected chi connectivity index (χ0v) is 14.3. The maximum Gasteiger partial charge on any atom is 0.135 e. The molecular weight excluding hydrogens is 352 g/mol. The van der Waals surface area contributed by atoms with Crippen LogP contribution in [0.2, 0.25) is 0 Å². The zero-order valence-electron chi connectivity index (χ0n) is 12.8. The van der Waals surface area contributed by atoms with E-state index in [-0.39, 0.29) is 0 Å². The van der Waals surface area contributed by atoms with Gasteiger partial charge in [0.2, 0.25) is 0 Å². The van der Waals surface area contributed by atoms with Gasteiger partial charge in [0.15, 0.2) is 0 Å². The van der Waals surface area contributed by atoms with Gasteiger partial charge in [-0.05, 0) is 36.2 Å². The van der Waals surface area contributed by atoms with Crippen molar-refractivity contribution in [1.82, 2.24) is 9.97 Å². The Kier molecular flexibility index (Phi) is 4.88. The highest BCUT2D eigenvalue weighted by atomic mass is 79.9. The third-order valence-corrected chi connectivity index (χ3v) is 4.30. The van der Waals surface area contributed by atoms with Crippen LogP contribution in [0.1, 0.15) is 11.1 Å². The number of anilines is 3. The van der Waals surface area contributed by atoms with Crippen molar-refractivity contribution in [3.63, 3.8) is 0 Å². The number of rotatable bonds is 5. The number of hydrogen-bond acceptors (Lipinski definition) is 4. The third kappa shape index (κ3) is 4.29. The first kappa shape index (κ1) is 15.5. The molecule has 0 unspecified atom stereocenters. The molecule has 3 aromatic rings. The lowest BCUT2D eigenvalue weighted by Crippen LogP contribution is -2.03. The summed E-state index contributed by atoms with van der Waals surface area (Å²) in [5.41, 5.74) is 3.38. The quantitative estimate of drug-likeness (QED) is 0.672. The van der Waals surface area contributed by atoms with E-state index in [4.69, 9.17) is 0 Å². The highest BCUT2D eigenvalue weighted by molar-refractivity contribution is 9.10. The number of nitrogens with one attached hydrogen (secondary N) is 2. The second-order valence-electron chi connectivity index (χ2n) is 5.22. The molecule has 0 atom stereocenters. The van der Waals surface area contributed by atoms with Crippen LogP contribution in [-0.4, -0.2) is 9.97 Å².